The summed E-state index contributed by atoms with van der Waals surface area (Å²) < 4.78 is 5.15. The molecule has 3 N–H and O–H groups in total. The third-order valence-corrected chi connectivity index (χ3v) is 4.72. The summed E-state index contributed by atoms with van der Waals surface area (Å²) in [5.41, 5.74) is 0. The van der Waals surface area contributed by atoms with Gasteiger partial charge in [0.25, 0.3) is 11.8 Å². The Hall–Kier alpha value is -0.770. The van der Waals surface area contributed by atoms with E-state index in [2.05, 4.69) is 42.5 Å². The highest BCUT2D eigenvalue weighted by atomic mass is 79.9. The first-order chi connectivity index (χ1) is 10.9. The Morgan fingerprint density at radius 3 is 2.09 bits per heavy atom. The molecular weight excluding hydrogens is 436 g/mol. The molecule has 0 aliphatic carbocycles. The number of rotatable bonds is 12. The number of Topliss-reactive ketones (excluding diaryl/α,β-unsaturated/α-hetero) is 1. The highest BCUT2D eigenvalue weighted by Crippen LogP contribution is 2.18. The lowest BCUT2D eigenvalue weighted by Crippen LogP contribution is -2.30. The van der Waals surface area contributed by atoms with E-state index in [0.717, 1.165) is 0 Å². The molecule has 0 saturated carbocycles. The maximum atomic E-state index is 11.9. The van der Waals surface area contributed by atoms with Gasteiger partial charge in [0.1, 0.15) is 14.7 Å². The van der Waals surface area contributed by atoms with E-state index in [1.807, 2.05) is 0 Å². The van der Waals surface area contributed by atoms with Crippen molar-refractivity contribution in [1.29, 1.82) is 0 Å². The summed E-state index contributed by atoms with van der Waals surface area (Å²) in [5, 5.41) is 13.7. The maximum Gasteiger partial charge on any atom is 0.259 e. The lowest BCUT2D eigenvalue weighted by Gasteiger charge is -2.08. The fourth-order valence-electron chi connectivity index (χ4n) is 1.42. The van der Waals surface area contributed by atoms with Crippen LogP contribution in [-0.2, 0) is 19.1 Å². The van der Waals surface area contributed by atoms with Gasteiger partial charge in [0, 0.05) is 25.9 Å². The van der Waals surface area contributed by atoms with Crippen LogP contribution in [0.5, 0.6) is 0 Å². The van der Waals surface area contributed by atoms with Gasteiger partial charge in [-0.05, 0) is 38.3 Å². The van der Waals surface area contributed by atoms with Crippen LogP contribution in [0.15, 0.2) is 8.96 Å². The number of hydrogen-bond donors (Lipinski definition) is 3. The average molecular weight is 458 g/mol. The third kappa shape index (κ3) is 10.6. The van der Waals surface area contributed by atoms with Gasteiger partial charge in [-0.1, -0.05) is 6.92 Å². The SMILES string of the molecule is CCC(=O)CCCNC(=O)/C(Br)=C(/Br)C(=O)NCCOCCO. The van der Waals surface area contributed by atoms with Crippen LogP contribution in [0.25, 0.3) is 0 Å². The van der Waals surface area contributed by atoms with Gasteiger partial charge in [0.2, 0.25) is 0 Å². The van der Waals surface area contributed by atoms with Crippen molar-refractivity contribution in [3.05, 3.63) is 8.96 Å². The van der Waals surface area contributed by atoms with E-state index in [1.165, 1.54) is 0 Å². The Bertz CT molecular complexity index is 441. The molecule has 0 heterocycles. The zero-order valence-corrected chi connectivity index (χ0v) is 16.2. The number of amides is 2. The summed E-state index contributed by atoms with van der Waals surface area (Å²) in [6.07, 6.45) is 1.48. The molecule has 0 radical (unpaired) electrons. The van der Waals surface area contributed by atoms with Gasteiger partial charge < -0.3 is 20.5 Å². The Morgan fingerprint density at radius 2 is 1.57 bits per heavy atom. The number of ether oxygens (including phenoxy) is 1. The molecule has 0 saturated heterocycles. The smallest absolute Gasteiger partial charge is 0.259 e. The van der Waals surface area contributed by atoms with Crippen LogP contribution in [0.2, 0.25) is 0 Å². The zero-order valence-electron chi connectivity index (χ0n) is 13.0. The van der Waals surface area contributed by atoms with E-state index in [0.29, 0.717) is 25.8 Å². The lowest BCUT2D eigenvalue weighted by atomic mass is 10.2. The van der Waals surface area contributed by atoms with E-state index < -0.39 is 11.8 Å². The molecule has 0 aromatic heterocycles. The predicted octanol–water partition coefficient (Wildman–Crippen LogP) is 0.988. The molecule has 0 bridgehead atoms. The van der Waals surface area contributed by atoms with Crippen LogP contribution < -0.4 is 10.6 Å². The van der Waals surface area contributed by atoms with Crippen LogP contribution in [0.3, 0.4) is 0 Å². The third-order valence-electron chi connectivity index (χ3n) is 2.67. The Morgan fingerprint density at radius 1 is 1.00 bits per heavy atom. The molecule has 0 fully saturated rings. The first kappa shape index (κ1) is 22.2. The lowest BCUT2D eigenvalue weighted by molar-refractivity contribution is -0.120. The van der Waals surface area contributed by atoms with Gasteiger partial charge in [-0.25, -0.2) is 0 Å². The highest BCUT2D eigenvalue weighted by Gasteiger charge is 2.16. The summed E-state index contributed by atoms with van der Waals surface area (Å²) in [5.74, 6) is -0.744. The Balaban J connectivity index is 4.16. The molecule has 0 atom stereocenters. The van der Waals surface area contributed by atoms with E-state index in [4.69, 9.17) is 9.84 Å². The first-order valence-electron chi connectivity index (χ1n) is 7.26. The standard InChI is InChI=1S/C14H22Br2N2O5/c1-2-10(20)4-3-5-17-13(21)11(15)12(16)14(22)18-6-8-23-9-7-19/h19H,2-9H2,1H3,(H,17,21)(H,18,22)/b12-11-. The number of nitrogens with one attached hydrogen (secondary N) is 2. The zero-order chi connectivity index (χ0) is 17.7. The highest BCUT2D eigenvalue weighted by molar-refractivity contribution is 9.14. The number of aliphatic hydroxyl groups is 1. The fourth-order valence-corrected chi connectivity index (χ4v) is 2.06. The van der Waals surface area contributed by atoms with Gasteiger partial charge in [0.15, 0.2) is 0 Å². The van der Waals surface area contributed by atoms with Crippen LogP contribution >= 0.6 is 31.9 Å². The molecule has 0 rings (SSSR count). The Kier molecular flexibility index (Phi) is 13.2. The largest absolute Gasteiger partial charge is 0.394 e. The van der Waals surface area contributed by atoms with Crippen molar-refractivity contribution >= 4 is 49.5 Å². The summed E-state index contributed by atoms with van der Waals surface area (Å²) in [6.45, 7) is 2.81. The van der Waals surface area contributed by atoms with Crippen molar-refractivity contribution in [1.82, 2.24) is 10.6 Å². The van der Waals surface area contributed by atoms with Crippen LogP contribution in [-0.4, -0.2) is 55.6 Å². The van der Waals surface area contributed by atoms with Gasteiger partial charge in [-0.2, -0.15) is 0 Å². The molecule has 23 heavy (non-hydrogen) atoms. The molecule has 132 valence electrons. The normalized spacial score (nSPS) is 11.7. The molecule has 0 spiro atoms. The second-order valence-electron chi connectivity index (χ2n) is 4.47. The van der Waals surface area contributed by atoms with Crippen molar-refractivity contribution in [2.45, 2.75) is 26.2 Å². The van der Waals surface area contributed by atoms with Crippen molar-refractivity contribution < 1.29 is 24.2 Å². The minimum absolute atomic E-state index is 0.0711. The average Bonchev–Trinajstić information content (AvgIpc) is 2.56. The topological polar surface area (TPSA) is 105 Å². The minimum atomic E-state index is -0.458. The molecule has 9 heteroatoms. The molecule has 7 nitrogen and oxygen atoms in total. The predicted molar refractivity (Wildman–Crippen MR) is 93.3 cm³/mol. The van der Waals surface area contributed by atoms with E-state index in [-0.39, 0.29) is 41.1 Å². The van der Waals surface area contributed by atoms with Gasteiger partial charge >= 0.3 is 0 Å². The van der Waals surface area contributed by atoms with Crippen molar-refractivity contribution in [3.8, 4) is 0 Å². The van der Waals surface area contributed by atoms with Gasteiger partial charge in [-0.3, -0.25) is 14.4 Å². The minimum Gasteiger partial charge on any atom is -0.394 e. The number of halogens is 2. The monoisotopic (exact) mass is 456 g/mol. The molecule has 0 aliphatic heterocycles. The van der Waals surface area contributed by atoms with E-state index in [1.54, 1.807) is 6.92 Å². The van der Waals surface area contributed by atoms with Crippen molar-refractivity contribution in [3.63, 3.8) is 0 Å². The number of hydrogen-bond acceptors (Lipinski definition) is 5. The second kappa shape index (κ2) is 13.6. The van der Waals surface area contributed by atoms with Crippen LogP contribution in [0, 0.1) is 0 Å². The molecular formula is C14H22Br2N2O5. The summed E-state index contributed by atoms with van der Waals surface area (Å²) in [7, 11) is 0. The van der Waals surface area contributed by atoms with E-state index in [9.17, 15) is 14.4 Å². The van der Waals surface area contributed by atoms with Crippen molar-refractivity contribution in [2.75, 3.05) is 32.9 Å². The molecule has 0 aromatic rings. The molecule has 0 aliphatic rings. The first-order valence-corrected chi connectivity index (χ1v) is 8.84. The van der Waals surface area contributed by atoms with Crippen LogP contribution in [0.1, 0.15) is 26.2 Å². The number of carbonyl (C=O) groups excluding carboxylic acids is 3. The Labute approximate surface area is 152 Å². The quantitative estimate of drug-likeness (QED) is 0.299. The second-order valence-corrected chi connectivity index (χ2v) is 6.06. The fraction of sp³-hybridized carbons (Fsp3) is 0.643. The maximum absolute atomic E-state index is 11.9. The number of aliphatic hydroxyl groups excluding tert-OH is 1. The van der Waals surface area contributed by atoms with Gasteiger partial charge in [-0.15, -0.1) is 0 Å². The molecule has 0 aromatic carbocycles. The summed E-state index contributed by atoms with van der Waals surface area (Å²) in [4.78, 5) is 34.8. The van der Waals surface area contributed by atoms with Crippen LogP contribution in [0.4, 0.5) is 0 Å². The molecule has 2 amide bonds. The summed E-state index contributed by atoms with van der Waals surface area (Å²) >= 11 is 6.13. The number of ketones is 1. The van der Waals surface area contributed by atoms with Crippen molar-refractivity contribution in [2.24, 2.45) is 0 Å². The van der Waals surface area contributed by atoms with Gasteiger partial charge in [0.05, 0.1) is 19.8 Å². The summed E-state index contributed by atoms with van der Waals surface area (Å²) in [6, 6.07) is 0. The molecule has 0 unspecified atom stereocenters. The number of carbonyl (C=O) groups is 3. The van der Waals surface area contributed by atoms with E-state index >= 15 is 0 Å².